The molecule has 0 nitrogen and oxygen atoms in total. The van der Waals surface area contributed by atoms with Crippen molar-refractivity contribution in [1.82, 2.24) is 0 Å². The highest BCUT2D eigenvalue weighted by atomic mass is 14.0. The van der Waals surface area contributed by atoms with Gasteiger partial charge >= 0.3 is 0 Å². The molecule has 0 atom stereocenters. The van der Waals surface area contributed by atoms with E-state index in [1.807, 2.05) is 0 Å². The van der Waals surface area contributed by atoms with Gasteiger partial charge in [0.15, 0.2) is 0 Å². The molecule has 0 aliphatic rings. The Morgan fingerprint density at radius 1 is 0.407 bits per heavy atom. The fourth-order valence-electron chi connectivity index (χ4n) is 4.01. The predicted molar refractivity (Wildman–Crippen MR) is 126 cm³/mol. The van der Waals surface area contributed by atoms with Gasteiger partial charge in [0.1, 0.15) is 0 Å². The average molecular weight is 379 g/mol. The van der Waals surface area contributed by atoms with Crippen molar-refractivity contribution >= 4 is 0 Å². The van der Waals surface area contributed by atoms with Gasteiger partial charge in [-0.3, -0.25) is 0 Å². The van der Waals surface area contributed by atoms with Crippen LogP contribution in [0.4, 0.5) is 0 Å². The van der Waals surface area contributed by atoms with Gasteiger partial charge in [0.05, 0.1) is 0 Å². The molecule has 0 amide bonds. The van der Waals surface area contributed by atoms with Gasteiger partial charge in [0.25, 0.3) is 0 Å². The topological polar surface area (TPSA) is 0 Å². The fourth-order valence-corrected chi connectivity index (χ4v) is 4.01. The van der Waals surface area contributed by atoms with Crippen LogP contribution in [-0.2, 0) is 0 Å². The van der Waals surface area contributed by atoms with Crippen LogP contribution in [0.25, 0.3) is 0 Å². The van der Waals surface area contributed by atoms with Crippen LogP contribution in [-0.4, -0.2) is 0 Å². The molecule has 0 aliphatic heterocycles. The second kappa shape index (κ2) is 26.0. The average Bonchev–Trinajstić information content (AvgIpc) is 2.68. The van der Waals surface area contributed by atoms with Crippen LogP contribution in [0.15, 0.2) is 0 Å². The highest BCUT2D eigenvalue weighted by Gasteiger charge is 1.95. The maximum absolute atomic E-state index is 3.88. The summed E-state index contributed by atoms with van der Waals surface area (Å²) in [6.45, 7) is 6.18. The molecule has 0 heterocycles. The van der Waals surface area contributed by atoms with Gasteiger partial charge < -0.3 is 0 Å². The molecule has 2 radical (unpaired) electrons. The molecule has 0 aromatic carbocycles. The molecule has 0 rings (SSSR count). The Balaban J connectivity index is 2.95. The zero-order valence-electron chi connectivity index (χ0n) is 19.3. The van der Waals surface area contributed by atoms with Crippen molar-refractivity contribution in [2.24, 2.45) is 0 Å². The molecule has 0 saturated carbocycles. The molecule has 0 unspecified atom stereocenters. The predicted octanol–water partition coefficient (Wildman–Crippen LogP) is 10.4. The lowest BCUT2D eigenvalue weighted by molar-refractivity contribution is 0.520. The lowest BCUT2D eigenvalue weighted by Gasteiger charge is -2.04. The molecule has 27 heavy (non-hydrogen) atoms. The molecule has 162 valence electrons. The molecule has 0 aliphatic carbocycles. The monoisotopic (exact) mass is 378 g/mol. The van der Waals surface area contributed by atoms with Gasteiger partial charge in [-0.05, 0) is 6.42 Å². The SMILES string of the molecule is [CH2]CC[CH]CCCCCCCCCCCCCCCCCCCCCCC. The van der Waals surface area contributed by atoms with E-state index in [0.29, 0.717) is 0 Å². The highest BCUT2D eigenvalue weighted by Crippen LogP contribution is 2.15. The number of rotatable bonds is 24. The summed E-state index contributed by atoms with van der Waals surface area (Å²) in [5, 5.41) is 0. The van der Waals surface area contributed by atoms with E-state index in [0.717, 1.165) is 6.42 Å². The van der Waals surface area contributed by atoms with Crippen molar-refractivity contribution in [3.8, 4) is 0 Å². The van der Waals surface area contributed by atoms with Crippen molar-refractivity contribution in [3.05, 3.63) is 13.3 Å². The number of unbranched alkanes of at least 4 members (excludes halogenated alkanes) is 24. The Kier molecular flexibility index (Phi) is 26.0. The van der Waals surface area contributed by atoms with Gasteiger partial charge in [-0.25, -0.2) is 0 Å². The van der Waals surface area contributed by atoms with Crippen LogP contribution in [0, 0.1) is 13.3 Å². The van der Waals surface area contributed by atoms with E-state index >= 15 is 0 Å². The molecular weight excluding hydrogens is 324 g/mol. The molecule has 0 spiro atoms. The first kappa shape index (κ1) is 27.0. The van der Waals surface area contributed by atoms with Gasteiger partial charge in [-0.15, -0.1) is 0 Å². The van der Waals surface area contributed by atoms with Gasteiger partial charge in [-0.1, -0.05) is 168 Å². The first-order valence-corrected chi connectivity index (χ1v) is 13.0. The summed E-state index contributed by atoms with van der Waals surface area (Å²) in [4.78, 5) is 0. The molecule has 0 aromatic heterocycles. The standard InChI is InChI=1S/C27H54/c1-3-5-7-9-11-13-15-17-19-21-23-25-27-26-24-22-20-18-16-14-12-10-8-6-4-2/h7H,1,3-6,8-27H2,2H3. The molecule has 0 aromatic rings. The molecular formula is C27H54. The molecule has 0 saturated heterocycles. The lowest BCUT2D eigenvalue weighted by Crippen LogP contribution is -1.84. The van der Waals surface area contributed by atoms with E-state index in [1.54, 1.807) is 0 Å². The highest BCUT2D eigenvalue weighted by molar-refractivity contribution is 4.64. The van der Waals surface area contributed by atoms with Crippen molar-refractivity contribution < 1.29 is 0 Å². The van der Waals surface area contributed by atoms with E-state index in [-0.39, 0.29) is 0 Å². The Hall–Kier alpha value is 0. The lowest BCUT2D eigenvalue weighted by atomic mass is 10.0. The summed E-state index contributed by atoms with van der Waals surface area (Å²) in [5.74, 6) is 0. The van der Waals surface area contributed by atoms with Crippen LogP contribution in [0.1, 0.15) is 161 Å². The second-order valence-electron chi connectivity index (χ2n) is 8.79. The van der Waals surface area contributed by atoms with Crippen LogP contribution < -0.4 is 0 Å². The Morgan fingerprint density at radius 2 is 0.704 bits per heavy atom. The third kappa shape index (κ3) is 26.0. The maximum Gasteiger partial charge on any atom is -0.0386 e. The summed E-state index contributed by atoms with van der Waals surface area (Å²) < 4.78 is 0. The van der Waals surface area contributed by atoms with Crippen LogP contribution in [0.2, 0.25) is 0 Å². The minimum Gasteiger partial charge on any atom is -0.0654 e. The minimum atomic E-state index is 1.07. The van der Waals surface area contributed by atoms with Gasteiger partial charge in [0, 0.05) is 0 Å². The smallest absolute Gasteiger partial charge is 0.0386 e. The summed E-state index contributed by atoms with van der Waals surface area (Å²) in [6, 6.07) is 0. The Labute approximate surface area is 174 Å². The maximum atomic E-state index is 3.88. The summed E-state index contributed by atoms with van der Waals surface area (Å²) >= 11 is 0. The van der Waals surface area contributed by atoms with Crippen molar-refractivity contribution in [2.75, 3.05) is 0 Å². The van der Waals surface area contributed by atoms with E-state index in [1.165, 1.54) is 148 Å². The normalized spacial score (nSPS) is 11.3. The third-order valence-corrected chi connectivity index (χ3v) is 5.92. The van der Waals surface area contributed by atoms with Crippen LogP contribution in [0.5, 0.6) is 0 Å². The first-order chi connectivity index (χ1) is 13.4. The van der Waals surface area contributed by atoms with Crippen molar-refractivity contribution in [2.45, 2.75) is 161 Å². The second-order valence-corrected chi connectivity index (χ2v) is 8.79. The zero-order chi connectivity index (χ0) is 19.7. The molecule has 0 heteroatoms. The van der Waals surface area contributed by atoms with Crippen molar-refractivity contribution in [3.63, 3.8) is 0 Å². The van der Waals surface area contributed by atoms with Gasteiger partial charge in [0.2, 0.25) is 0 Å². The molecule has 0 fully saturated rings. The first-order valence-electron chi connectivity index (χ1n) is 13.0. The van der Waals surface area contributed by atoms with E-state index in [9.17, 15) is 0 Å². The minimum absolute atomic E-state index is 1.07. The number of hydrogen-bond donors (Lipinski definition) is 0. The van der Waals surface area contributed by atoms with Crippen molar-refractivity contribution in [1.29, 1.82) is 0 Å². The Bertz CT molecular complexity index is 208. The molecule has 0 bridgehead atoms. The fraction of sp³-hybridized carbons (Fsp3) is 0.926. The van der Waals surface area contributed by atoms with E-state index < -0.39 is 0 Å². The summed E-state index contributed by atoms with van der Waals surface area (Å²) in [7, 11) is 0. The van der Waals surface area contributed by atoms with Crippen LogP contribution >= 0.6 is 0 Å². The Morgan fingerprint density at radius 3 is 1.00 bits per heavy atom. The molecule has 0 N–H and O–H groups in total. The largest absolute Gasteiger partial charge is 0.0654 e. The number of hydrogen-bond acceptors (Lipinski definition) is 0. The van der Waals surface area contributed by atoms with Gasteiger partial charge in [-0.2, -0.15) is 0 Å². The quantitative estimate of drug-likeness (QED) is 0.146. The third-order valence-electron chi connectivity index (χ3n) is 5.92. The van der Waals surface area contributed by atoms with Crippen LogP contribution in [0.3, 0.4) is 0 Å². The summed E-state index contributed by atoms with van der Waals surface area (Å²) in [6.07, 6.45) is 36.8. The van der Waals surface area contributed by atoms with E-state index in [2.05, 4.69) is 20.3 Å². The zero-order valence-corrected chi connectivity index (χ0v) is 19.3. The van der Waals surface area contributed by atoms with E-state index in [4.69, 9.17) is 0 Å². The summed E-state index contributed by atoms with van der Waals surface area (Å²) in [5.41, 5.74) is 0.